The predicted octanol–water partition coefficient (Wildman–Crippen LogP) is 3.89. The van der Waals surface area contributed by atoms with Crippen molar-refractivity contribution in [1.82, 2.24) is 24.8 Å². The Morgan fingerprint density at radius 3 is 2.59 bits per heavy atom. The molecule has 3 aromatic rings. The Hall–Kier alpha value is -3.37. The van der Waals surface area contributed by atoms with Crippen LogP contribution in [0.2, 0.25) is 5.02 Å². The van der Waals surface area contributed by atoms with Gasteiger partial charge in [-0.3, -0.25) is 9.59 Å². The summed E-state index contributed by atoms with van der Waals surface area (Å²) in [6.45, 7) is 7.99. The second kappa shape index (κ2) is 13.1. The van der Waals surface area contributed by atoms with Crippen molar-refractivity contribution < 1.29 is 9.53 Å². The summed E-state index contributed by atoms with van der Waals surface area (Å²) in [6, 6.07) is 7.46. The van der Waals surface area contributed by atoms with Gasteiger partial charge in [0.1, 0.15) is 5.02 Å². The number of ether oxygens (including phenoxy) is 1. The molecule has 39 heavy (non-hydrogen) atoms. The second-order valence-corrected chi connectivity index (χ2v) is 10.1. The fraction of sp³-hybridized carbons (Fsp3) is 0.500. The molecule has 1 saturated heterocycles. The fourth-order valence-corrected chi connectivity index (χ4v) is 4.58. The molecule has 0 atom stereocenters. The van der Waals surface area contributed by atoms with Crippen molar-refractivity contribution in [2.24, 2.45) is 5.92 Å². The highest BCUT2D eigenvalue weighted by atomic mass is 35.5. The second-order valence-electron chi connectivity index (χ2n) is 9.71. The largest absolute Gasteiger partial charge is 0.478 e. The Bertz CT molecular complexity index is 1350. The highest BCUT2D eigenvalue weighted by molar-refractivity contribution is 6.32. The maximum atomic E-state index is 13.2. The van der Waals surface area contributed by atoms with Gasteiger partial charge in [-0.1, -0.05) is 38.3 Å². The Labute approximate surface area is 234 Å². The molecule has 3 heterocycles. The molecule has 2 aromatic heterocycles. The van der Waals surface area contributed by atoms with Gasteiger partial charge in [0.15, 0.2) is 18.2 Å². The Morgan fingerprint density at radius 1 is 1.15 bits per heavy atom. The zero-order valence-electron chi connectivity index (χ0n) is 23.2. The number of nitrogens with one attached hydrogen (secondary N) is 2. The van der Waals surface area contributed by atoms with Crippen molar-refractivity contribution in [2.45, 2.75) is 39.7 Å². The molecule has 0 bridgehead atoms. The minimum Gasteiger partial charge on any atom is -0.478 e. The molecule has 1 aromatic carbocycles. The lowest BCUT2D eigenvalue weighted by Gasteiger charge is -2.32. The van der Waals surface area contributed by atoms with Crippen molar-refractivity contribution in [3.63, 3.8) is 0 Å². The van der Waals surface area contributed by atoms with Crippen LogP contribution in [0.5, 0.6) is 5.75 Å². The molecule has 11 heteroatoms. The highest BCUT2D eigenvalue weighted by Gasteiger charge is 2.22. The van der Waals surface area contributed by atoms with E-state index in [1.807, 2.05) is 32.0 Å². The van der Waals surface area contributed by atoms with Gasteiger partial charge < -0.3 is 29.7 Å². The van der Waals surface area contributed by atoms with Crippen LogP contribution in [0.4, 0.5) is 17.5 Å². The van der Waals surface area contributed by atoms with Crippen LogP contribution < -0.4 is 25.8 Å². The van der Waals surface area contributed by atoms with Crippen LogP contribution in [-0.4, -0.2) is 72.2 Å². The number of fused-ring (bicyclic) bond motifs is 1. The maximum Gasteiger partial charge on any atom is 0.293 e. The number of carbonyl (C=O) groups is 1. The van der Waals surface area contributed by atoms with Gasteiger partial charge in [0.2, 0.25) is 5.95 Å². The standard InChI is InChI=1S/C26H32ClN7O3.C2H6/c1-28-23(35)16-37-22-14-18-13-19(5-6-21(18)34(25(22)36)8-7-17-3-4-17)30-24-20(27)15-29-26(31-24)33-11-9-32(2)10-12-33;1-2/h5-6,13-15,17H,3-4,7-12,16H2,1-2H3,(H,28,35)(H,29,30,31);1-2H3. The van der Waals surface area contributed by atoms with E-state index in [-0.39, 0.29) is 23.8 Å². The summed E-state index contributed by atoms with van der Waals surface area (Å²) in [4.78, 5) is 38.5. The lowest BCUT2D eigenvalue weighted by atomic mass is 10.1. The summed E-state index contributed by atoms with van der Waals surface area (Å²) in [5.74, 6) is 1.69. The van der Waals surface area contributed by atoms with E-state index in [9.17, 15) is 9.59 Å². The summed E-state index contributed by atoms with van der Waals surface area (Å²) in [6.07, 6.45) is 4.98. The van der Waals surface area contributed by atoms with Crippen molar-refractivity contribution >= 4 is 45.9 Å². The number of nitrogens with zero attached hydrogens (tertiary/aromatic N) is 5. The number of halogens is 1. The first kappa shape index (κ1) is 28.6. The van der Waals surface area contributed by atoms with Crippen molar-refractivity contribution in [1.29, 1.82) is 0 Å². The van der Waals surface area contributed by atoms with Gasteiger partial charge in [0, 0.05) is 50.8 Å². The summed E-state index contributed by atoms with van der Waals surface area (Å²) in [5, 5.41) is 7.06. The lowest BCUT2D eigenvalue weighted by Crippen LogP contribution is -2.45. The zero-order valence-corrected chi connectivity index (χ0v) is 23.9. The van der Waals surface area contributed by atoms with E-state index in [4.69, 9.17) is 16.3 Å². The Morgan fingerprint density at radius 2 is 1.90 bits per heavy atom. The summed E-state index contributed by atoms with van der Waals surface area (Å²) in [5.41, 5.74) is 1.35. The molecule has 210 valence electrons. The monoisotopic (exact) mass is 555 g/mol. The third kappa shape index (κ3) is 7.19. The zero-order chi connectivity index (χ0) is 27.9. The number of aromatic nitrogens is 3. The number of hydrogen-bond donors (Lipinski definition) is 2. The van der Waals surface area contributed by atoms with Gasteiger partial charge in [0.05, 0.1) is 11.7 Å². The van der Waals surface area contributed by atoms with Crippen LogP contribution in [0.3, 0.4) is 0 Å². The maximum absolute atomic E-state index is 13.2. The number of likely N-dealkylation sites (N-methyl/N-ethyl adjacent to an activating group) is 2. The molecule has 10 nitrogen and oxygen atoms in total. The molecule has 0 spiro atoms. The topological polar surface area (TPSA) is 105 Å². The molecule has 2 N–H and O–H groups in total. The predicted molar refractivity (Wildman–Crippen MR) is 156 cm³/mol. The number of pyridine rings is 1. The van der Waals surface area contributed by atoms with Crippen LogP contribution in [0.1, 0.15) is 33.1 Å². The Kier molecular flexibility index (Phi) is 9.63. The number of carbonyl (C=O) groups excluding carboxylic acids is 1. The molecular formula is C28H38ClN7O3. The third-order valence-corrected chi connectivity index (χ3v) is 7.21. The van der Waals surface area contributed by atoms with Crippen LogP contribution in [0, 0.1) is 5.92 Å². The number of rotatable bonds is 9. The molecule has 0 radical (unpaired) electrons. The number of anilines is 3. The molecular weight excluding hydrogens is 518 g/mol. The number of benzene rings is 1. The number of piperazine rings is 1. The molecule has 2 fully saturated rings. The van der Waals surface area contributed by atoms with Crippen molar-refractivity contribution in [3.8, 4) is 5.75 Å². The number of aryl methyl sites for hydroxylation is 1. The summed E-state index contributed by atoms with van der Waals surface area (Å²) < 4.78 is 7.36. The lowest BCUT2D eigenvalue weighted by molar-refractivity contribution is -0.122. The van der Waals surface area contributed by atoms with E-state index >= 15 is 0 Å². The summed E-state index contributed by atoms with van der Waals surface area (Å²) >= 11 is 6.44. The first-order valence-electron chi connectivity index (χ1n) is 13.7. The van der Waals surface area contributed by atoms with Crippen molar-refractivity contribution in [3.05, 3.63) is 45.8 Å². The molecule has 1 aliphatic heterocycles. The summed E-state index contributed by atoms with van der Waals surface area (Å²) in [7, 11) is 3.64. The third-order valence-electron chi connectivity index (χ3n) is 6.94. The normalized spacial score (nSPS) is 15.5. The van der Waals surface area contributed by atoms with E-state index in [1.54, 1.807) is 16.8 Å². The van der Waals surface area contributed by atoms with E-state index in [0.29, 0.717) is 29.3 Å². The molecule has 1 saturated carbocycles. The first-order chi connectivity index (χ1) is 18.9. The van der Waals surface area contributed by atoms with E-state index in [0.717, 1.165) is 49.2 Å². The van der Waals surface area contributed by atoms with Crippen LogP contribution >= 0.6 is 11.6 Å². The van der Waals surface area contributed by atoms with E-state index in [2.05, 4.69) is 37.4 Å². The van der Waals surface area contributed by atoms with Gasteiger partial charge >= 0.3 is 0 Å². The van der Waals surface area contributed by atoms with Gasteiger partial charge in [0.25, 0.3) is 11.5 Å². The van der Waals surface area contributed by atoms with Crippen LogP contribution in [0.25, 0.3) is 10.9 Å². The molecule has 0 unspecified atom stereocenters. The molecule has 1 aliphatic carbocycles. The minimum absolute atomic E-state index is 0.154. The average molecular weight is 556 g/mol. The van der Waals surface area contributed by atoms with Crippen LogP contribution in [-0.2, 0) is 11.3 Å². The van der Waals surface area contributed by atoms with Crippen LogP contribution in [0.15, 0.2) is 35.3 Å². The SMILES string of the molecule is CC.CNC(=O)COc1cc2cc(Nc3nc(N4CCN(C)CC4)ncc3Cl)ccc2n(CCC2CC2)c1=O. The van der Waals surface area contributed by atoms with Crippen molar-refractivity contribution in [2.75, 3.05) is 57.1 Å². The van der Waals surface area contributed by atoms with E-state index < -0.39 is 0 Å². The minimum atomic E-state index is -0.297. The highest BCUT2D eigenvalue weighted by Crippen LogP contribution is 2.33. The first-order valence-corrected chi connectivity index (χ1v) is 14.0. The number of hydrogen-bond acceptors (Lipinski definition) is 8. The smallest absolute Gasteiger partial charge is 0.293 e. The van der Waals surface area contributed by atoms with E-state index in [1.165, 1.54) is 19.9 Å². The van der Waals surface area contributed by atoms with Gasteiger partial charge in [-0.05, 0) is 43.7 Å². The fourth-order valence-electron chi connectivity index (χ4n) is 4.44. The molecule has 2 aliphatic rings. The van der Waals surface area contributed by atoms with Gasteiger partial charge in [-0.25, -0.2) is 4.98 Å². The molecule has 1 amide bonds. The molecule has 5 rings (SSSR count). The van der Waals surface area contributed by atoms with Gasteiger partial charge in [-0.2, -0.15) is 4.98 Å². The van der Waals surface area contributed by atoms with Gasteiger partial charge in [-0.15, -0.1) is 0 Å². The Balaban J connectivity index is 0.00000172. The number of amides is 1. The quantitative estimate of drug-likeness (QED) is 0.410. The average Bonchev–Trinajstić information content (AvgIpc) is 3.79.